The molecule has 0 N–H and O–H groups in total. The summed E-state index contributed by atoms with van der Waals surface area (Å²) in [4.78, 5) is 26.0. The number of halogens is 1. The van der Waals surface area contributed by atoms with E-state index < -0.39 is 0 Å². The van der Waals surface area contributed by atoms with Gasteiger partial charge in [0.2, 0.25) is 0 Å². The number of carbonyl (C=O) groups is 2. The molecule has 0 spiro atoms. The van der Waals surface area contributed by atoms with Crippen molar-refractivity contribution in [3.05, 3.63) is 15.9 Å². The van der Waals surface area contributed by atoms with Gasteiger partial charge in [0, 0.05) is 14.1 Å². The third-order valence-corrected chi connectivity index (χ3v) is 3.83. The van der Waals surface area contributed by atoms with Gasteiger partial charge in [-0.25, -0.2) is 4.79 Å². The van der Waals surface area contributed by atoms with Crippen LogP contribution in [0.1, 0.15) is 11.4 Å². The van der Waals surface area contributed by atoms with E-state index in [2.05, 4.69) is 21.0 Å². The van der Waals surface area contributed by atoms with Crippen LogP contribution in [0.4, 0.5) is 4.79 Å². The third kappa shape index (κ3) is 1.95. The molecule has 1 aliphatic rings. The van der Waals surface area contributed by atoms with Crippen molar-refractivity contribution in [2.45, 2.75) is 13.5 Å². The van der Waals surface area contributed by atoms with Gasteiger partial charge in [-0.05, 0) is 22.9 Å². The summed E-state index contributed by atoms with van der Waals surface area (Å²) in [5.41, 5.74) is 1.66. The van der Waals surface area contributed by atoms with E-state index in [1.807, 2.05) is 6.92 Å². The molecule has 1 aromatic rings. The van der Waals surface area contributed by atoms with Gasteiger partial charge in [-0.3, -0.25) is 14.4 Å². The summed E-state index contributed by atoms with van der Waals surface area (Å²) in [6, 6.07) is -0.263. The summed E-state index contributed by atoms with van der Waals surface area (Å²) >= 11 is 3.42. The lowest BCUT2D eigenvalue weighted by molar-refractivity contribution is -0.125. The van der Waals surface area contributed by atoms with Crippen molar-refractivity contribution in [1.82, 2.24) is 19.6 Å². The fourth-order valence-electron chi connectivity index (χ4n) is 1.83. The molecule has 0 atom stereocenters. The minimum Gasteiger partial charge on any atom is -0.318 e. The second-order valence-electron chi connectivity index (χ2n) is 4.09. The highest BCUT2D eigenvalue weighted by Crippen LogP contribution is 2.23. The monoisotopic (exact) mass is 300 g/mol. The van der Waals surface area contributed by atoms with Gasteiger partial charge < -0.3 is 4.90 Å². The normalized spacial score (nSPS) is 16.2. The molecule has 2 rings (SSSR count). The minimum absolute atomic E-state index is 0.146. The van der Waals surface area contributed by atoms with E-state index in [-0.39, 0.29) is 25.0 Å². The molecule has 0 radical (unpaired) electrons. The number of likely N-dealkylation sites (N-methyl/N-ethyl adjacent to an activating group) is 1. The highest BCUT2D eigenvalue weighted by atomic mass is 79.9. The fraction of sp³-hybridized carbons (Fsp3) is 0.500. The number of rotatable bonds is 2. The topological polar surface area (TPSA) is 58.4 Å². The van der Waals surface area contributed by atoms with Gasteiger partial charge in [-0.2, -0.15) is 5.10 Å². The summed E-state index contributed by atoms with van der Waals surface area (Å²) in [5.74, 6) is -0.178. The fourth-order valence-corrected chi connectivity index (χ4v) is 2.29. The Bertz CT molecular complexity index is 497. The van der Waals surface area contributed by atoms with E-state index in [9.17, 15) is 9.59 Å². The molecule has 0 bridgehead atoms. The van der Waals surface area contributed by atoms with E-state index >= 15 is 0 Å². The van der Waals surface area contributed by atoms with Crippen LogP contribution in [0.15, 0.2) is 4.47 Å². The van der Waals surface area contributed by atoms with Gasteiger partial charge in [0.05, 0.1) is 22.4 Å². The van der Waals surface area contributed by atoms with Crippen LogP contribution in [-0.4, -0.2) is 45.1 Å². The van der Waals surface area contributed by atoms with Crippen LogP contribution in [0, 0.1) is 6.92 Å². The summed E-state index contributed by atoms with van der Waals surface area (Å²) < 4.78 is 2.52. The minimum atomic E-state index is -0.263. The maximum Gasteiger partial charge on any atom is 0.327 e. The van der Waals surface area contributed by atoms with Crippen LogP contribution < -0.4 is 0 Å². The van der Waals surface area contributed by atoms with Gasteiger partial charge in [0.1, 0.15) is 6.54 Å². The third-order valence-electron chi connectivity index (χ3n) is 2.80. The Morgan fingerprint density at radius 3 is 2.41 bits per heavy atom. The molecule has 92 valence electrons. The molecule has 0 unspecified atom stereocenters. The number of nitrogens with zero attached hydrogens (tertiary/aromatic N) is 4. The van der Waals surface area contributed by atoms with Crippen LogP contribution in [0.5, 0.6) is 0 Å². The second-order valence-corrected chi connectivity index (χ2v) is 4.88. The van der Waals surface area contributed by atoms with E-state index in [1.54, 1.807) is 18.8 Å². The Morgan fingerprint density at radius 1 is 1.35 bits per heavy atom. The molecule has 1 saturated heterocycles. The molecule has 17 heavy (non-hydrogen) atoms. The van der Waals surface area contributed by atoms with Crippen LogP contribution in [0.25, 0.3) is 0 Å². The van der Waals surface area contributed by atoms with Gasteiger partial charge in [0.15, 0.2) is 0 Å². The first kappa shape index (κ1) is 12.1. The Kier molecular flexibility index (Phi) is 2.94. The first-order valence-electron chi connectivity index (χ1n) is 5.15. The quantitative estimate of drug-likeness (QED) is 0.762. The maximum atomic E-state index is 11.7. The van der Waals surface area contributed by atoms with Gasteiger partial charge in [-0.1, -0.05) is 0 Å². The van der Waals surface area contributed by atoms with Gasteiger partial charge >= 0.3 is 6.03 Å². The van der Waals surface area contributed by atoms with Crippen LogP contribution in [-0.2, 0) is 18.4 Å². The highest BCUT2D eigenvalue weighted by Gasteiger charge is 2.34. The van der Waals surface area contributed by atoms with Crippen LogP contribution >= 0.6 is 15.9 Å². The van der Waals surface area contributed by atoms with Crippen molar-refractivity contribution >= 4 is 27.9 Å². The molecule has 6 nitrogen and oxygen atoms in total. The number of carbonyl (C=O) groups excluding carboxylic acids is 2. The summed E-state index contributed by atoms with van der Waals surface area (Å²) in [5, 5.41) is 4.23. The van der Waals surface area contributed by atoms with Crippen molar-refractivity contribution < 1.29 is 9.59 Å². The van der Waals surface area contributed by atoms with Crippen LogP contribution in [0.2, 0.25) is 0 Å². The zero-order chi connectivity index (χ0) is 12.7. The lowest BCUT2D eigenvalue weighted by atomic mass is 10.3. The first-order chi connectivity index (χ1) is 7.91. The SMILES string of the molecule is Cc1nn(C)c(CN2C(=O)CN(C)C2=O)c1Br. The summed E-state index contributed by atoms with van der Waals surface area (Å²) in [6.07, 6.45) is 0. The van der Waals surface area contributed by atoms with Gasteiger partial charge in [0.25, 0.3) is 5.91 Å². The predicted molar refractivity (Wildman–Crippen MR) is 64.2 cm³/mol. The average molecular weight is 301 g/mol. The number of urea groups is 1. The number of aryl methyl sites for hydroxylation is 2. The molecule has 0 saturated carbocycles. The number of aromatic nitrogens is 2. The van der Waals surface area contributed by atoms with Crippen molar-refractivity contribution in [2.24, 2.45) is 7.05 Å². The molecule has 0 aromatic carbocycles. The first-order valence-corrected chi connectivity index (χ1v) is 5.94. The number of hydrogen-bond donors (Lipinski definition) is 0. The highest BCUT2D eigenvalue weighted by molar-refractivity contribution is 9.10. The molecule has 3 amide bonds. The van der Waals surface area contributed by atoms with Crippen molar-refractivity contribution in [3.8, 4) is 0 Å². The van der Waals surface area contributed by atoms with Crippen molar-refractivity contribution in [3.63, 3.8) is 0 Å². The van der Waals surface area contributed by atoms with Crippen LogP contribution in [0.3, 0.4) is 0 Å². The Hall–Kier alpha value is -1.37. The molecular formula is C10H13BrN4O2. The van der Waals surface area contributed by atoms with E-state index in [0.717, 1.165) is 15.9 Å². The lowest BCUT2D eigenvalue weighted by Crippen LogP contribution is -2.31. The van der Waals surface area contributed by atoms with E-state index in [0.29, 0.717) is 0 Å². The Balaban J connectivity index is 2.27. The summed E-state index contributed by atoms with van der Waals surface area (Å²) in [7, 11) is 3.41. The largest absolute Gasteiger partial charge is 0.327 e. The Labute approximate surface area is 107 Å². The lowest BCUT2D eigenvalue weighted by Gasteiger charge is -2.14. The second kappa shape index (κ2) is 4.14. The molecule has 1 aliphatic heterocycles. The number of hydrogen-bond acceptors (Lipinski definition) is 3. The zero-order valence-corrected chi connectivity index (χ0v) is 11.5. The molecule has 1 aromatic heterocycles. The predicted octanol–water partition coefficient (Wildman–Crippen LogP) is 0.885. The molecule has 2 heterocycles. The molecule has 0 aliphatic carbocycles. The zero-order valence-electron chi connectivity index (χ0n) is 9.90. The molecule has 1 fully saturated rings. The molecule has 7 heteroatoms. The van der Waals surface area contributed by atoms with E-state index in [4.69, 9.17) is 0 Å². The summed E-state index contributed by atoms with van der Waals surface area (Å²) in [6.45, 7) is 2.26. The van der Waals surface area contributed by atoms with E-state index in [1.165, 1.54) is 9.80 Å². The average Bonchev–Trinajstić information content (AvgIpc) is 2.62. The maximum absolute atomic E-state index is 11.7. The van der Waals surface area contributed by atoms with Crippen molar-refractivity contribution in [2.75, 3.05) is 13.6 Å². The van der Waals surface area contributed by atoms with Gasteiger partial charge in [-0.15, -0.1) is 0 Å². The van der Waals surface area contributed by atoms with Crippen molar-refractivity contribution in [1.29, 1.82) is 0 Å². The smallest absolute Gasteiger partial charge is 0.318 e. The number of imide groups is 1. The standard InChI is InChI=1S/C10H13BrN4O2/c1-6-9(11)7(14(3)12-6)4-15-8(16)5-13(2)10(15)17/h4-5H2,1-3H3. The number of amides is 3. The molecular weight excluding hydrogens is 288 g/mol. The Morgan fingerprint density at radius 2 is 2.00 bits per heavy atom.